The lowest BCUT2D eigenvalue weighted by molar-refractivity contribution is -0.705. The van der Waals surface area contributed by atoms with Gasteiger partial charge in [0.05, 0.1) is 6.61 Å². The second-order valence-electron chi connectivity index (χ2n) is 9.08. The smallest absolute Gasteiger partial charge is 0.265 e. The lowest BCUT2D eigenvalue weighted by atomic mass is 10.1. The average molecular weight is 592 g/mol. The van der Waals surface area contributed by atoms with Crippen molar-refractivity contribution in [2.24, 2.45) is 0 Å². The van der Waals surface area contributed by atoms with Crippen molar-refractivity contribution in [3.05, 3.63) is 122 Å². The summed E-state index contributed by atoms with van der Waals surface area (Å²) in [4.78, 5) is 12.9. The van der Waals surface area contributed by atoms with Crippen molar-refractivity contribution in [2.75, 3.05) is 0 Å². The number of imidazole rings is 1. The van der Waals surface area contributed by atoms with Crippen molar-refractivity contribution in [3.63, 3.8) is 0 Å². The van der Waals surface area contributed by atoms with Gasteiger partial charge in [-0.05, 0) is 60.9 Å². The topological polar surface area (TPSA) is 47.1 Å². The fraction of sp³-hybridized carbons (Fsp3) is 0.241. The zero-order chi connectivity index (χ0) is 27.2. The number of carbonyl (C=O) groups excluding carboxylic acids is 1. The molecule has 1 N–H and O–H groups in total. The fourth-order valence-electron chi connectivity index (χ4n) is 4.07. The van der Waals surface area contributed by atoms with Gasteiger partial charge in [0, 0.05) is 32.2 Å². The van der Waals surface area contributed by atoms with Crippen LogP contribution in [-0.4, -0.2) is 10.5 Å². The third-order valence-electron chi connectivity index (χ3n) is 6.38. The number of rotatable bonds is 10. The zero-order valence-corrected chi connectivity index (χ0v) is 24.0. The van der Waals surface area contributed by atoms with Gasteiger partial charge in [-0.3, -0.25) is 4.79 Å². The first-order chi connectivity index (χ1) is 18.2. The largest absolute Gasteiger partial charge is 0.365 e. The molecule has 2 unspecified atom stereocenters. The molecule has 0 aliphatic rings. The number of amides is 1. The Labute approximate surface area is 242 Å². The number of hydrogen-bond donors (Lipinski definition) is 1. The Morgan fingerprint density at radius 3 is 2.45 bits per heavy atom. The van der Waals surface area contributed by atoms with Gasteiger partial charge in [-0.2, -0.15) is 0 Å². The van der Waals surface area contributed by atoms with Crippen molar-refractivity contribution in [1.82, 2.24) is 9.88 Å². The van der Waals surface area contributed by atoms with E-state index in [0.717, 1.165) is 22.3 Å². The quantitative estimate of drug-likeness (QED) is 0.194. The van der Waals surface area contributed by atoms with Crippen LogP contribution in [0.1, 0.15) is 41.3 Å². The first kappa shape index (κ1) is 28.5. The molecular formula is C29H28Cl4N3O2+. The molecule has 1 aromatic heterocycles. The molecular weight excluding hydrogens is 564 g/mol. The van der Waals surface area contributed by atoms with Crippen LogP contribution in [0.25, 0.3) is 0 Å². The molecule has 0 saturated carbocycles. The highest BCUT2D eigenvalue weighted by Crippen LogP contribution is 2.30. The third kappa shape index (κ3) is 7.31. The molecule has 0 radical (unpaired) electrons. The van der Waals surface area contributed by atoms with Gasteiger partial charge in [0.15, 0.2) is 6.04 Å². The Balaban J connectivity index is 1.46. The van der Waals surface area contributed by atoms with Crippen molar-refractivity contribution in [1.29, 1.82) is 0 Å². The second kappa shape index (κ2) is 13.0. The van der Waals surface area contributed by atoms with E-state index < -0.39 is 6.04 Å². The molecule has 9 heteroatoms. The summed E-state index contributed by atoms with van der Waals surface area (Å²) in [5, 5.41) is 5.39. The maximum absolute atomic E-state index is 12.9. The summed E-state index contributed by atoms with van der Waals surface area (Å²) in [5.74, 6) is -0.108. The predicted octanol–water partition coefficient (Wildman–Crippen LogP) is 7.53. The van der Waals surface area contributed by atoms with Crippen LogP contribution in [0.5, 0.6) is 0 Å². The zero-order valence-electron chi connectivity index (χ0n) is 21.0. The van der Waals surface area contributed by atoms with Crippen LogP contribution in [0.15, 0.2) is 79.4 Å². The summed E-state index contributed by atoms with van der Waals surface area (Å²) in [6.45, 7) is 5.05. The number of hydrogen-bond acceptors (Lipinski definition) is 2. The summed E-state index contributed by atoms with van der Waals surface area (Å²) >= 11 is 25.0. The number of ether oxygens (including phenoxy) is 1. The molecule has 0 aliphatic heterocycles. The molecule has 3 aromatic carbocycles. The van der Waals surface area contributed by atoms with Crippen LogP contribution < -0.4 is 9.88 Å². The number of benzene rings is 3. The van der Waals surface area contributed by atoms with Crippen molar-refractivity contribution in [3.8, 4) is 0 Å². The molecule has 0 aliphatic carbocycles. The van der Waals surface area contributed by atoms with E-state index in [9.17, 15) is 4.79 Å². The fourth-order valence-corrected chi connectivity index (χ4v) is 5.01. The number of aromatic nitrogens is 2. The summed E-state index contributed by atoms with van der Waals surface area (Å²) in [6, 6.07) is 18.2. The minimum Gasteiger partial charge on any atom is -0.365 e. The SMILES string of the molecule is Cc1cccc(Cl)c1CNC(=O)C(C)n1cc[n+](CC(OCc2ccc(Cl)cc2)c2ccc(Cl)cc2Cl)c1. The summed E-state index contributed by atoms with van der Waals surface area (Å²) < 4.78 is 10.1. The lowest BCUT2D eigenvalue weighted by Crippen LogP contribution is -2.36. The first-order valence-corrected chi connectivity index (χ1v) is 13.6. The van der Waals surface area contributed by atoms with E-state index >= 15 is 0 Å². The summed E-state index contributed by atoms with van der Waals surface area (Å²) in [6.07, 6.45) is 5.30. The molecule has 0 spiro atoms. The minimum absolute atomic E-state index is 0.108. The van der Waals surface area contributed by atoms with Gasteiger partial charge in [-0.25, -0.2) is 9.13 Å². The third-order valence-corrected chi connectivity index (χ3v) is 7.55. The maximum Gasteiger partial charge on any atom is 0.265 e. The number of halogens is 4. The van der Waals surface area contributed by atoms with E-state index in [1.807, 2.05) is 90.2 Å². The van der Waals surface area contributed by atoms with Gasteiger partial charge >= 0.3 is 0 Å². The van der Waals surface area contributed by atoms with E-state index in [1.165, 1.54) is 0 Å². The van der Waals surface area contributed by atoms with Crippen LogP contribution in [0.3, 0.4) is 0 Å². The van der Waals surface area contributed by atoms with E-state index in [0.29, 0.717) is 39.8 Å². The Hall–Kier alpha value is -2.54. The van der Waals surface area contributed by atoms with Crippen molar-refractivity contribution in [2.45, 2.75) is 45.7 Å². The number of nitrogens with one attached hydrogen (secondary N) is 1. The van der Waals surface area contributed by atoms with E-state index in [1.54, 1.807) is 12.1 Å². The summed E-state index contributed by atoms with van der Waals surface area (Å²) in [7, 11) is 0. The molecule has 0 saturated heterocycles. The summed E-state index contributed by atoms with van der Waals surface area (Å²) in [5.41, 5.74) is 3.77. The van der Waals surface area contributed by atoms with Gasteiger partial charge in [0.2, 0.25) is 6.33 Å². The Bertz CT molecular complexity index is 1390. The highest BCUT2D eigenvalue weighted by Gasteiger charge is 2.24. The number of nitrogens with zero attached hydrogens (tertiary/aromatic N) is 2. The first-order valence-electron chi connectivity index (χ1n) is 12.1. The maximum atomic E-state index is 12.9. The van der Waals surface area contributed by atoms with Crippen LogP contribution in [0.2, 0.25) is 20.1 Å². The molecule has 0 bridgehead atoms. The predicted molar refractivity (Wildman–Crippen MR) is 153 cm³/mol. The lowest BCUT2D eigenvalue weighted by Gasteiger charge is -2.18. The molecule has 2 atom stereocenters. The second-order valence-corrected chi connectivity index (χ2v) is 10.8. The highest BCUT2D eigenvalue weighted by molar-refractivity contribution is 6.35. The van der Waals surface area contributed by atoms with E-state index in [-0.39, 0.29) is 12.0 Å². The molecule has 198 valence electrons. The van der Waals surface area contributed by atoms with Crippen LogP contribution >= 0.6 is 46.4 Å². The van der Waals surface area contributed by atoms with Gasteiger partial charge < -0.3 is 10.1 Å². The Morgan fingerprint density at radius 2 is 1.74 bits per heavy atom. The van der Waals surface area contributed by atoms with Crippen LogP contribution in [-0.2, 0) is 29.2 Å². The standard InChI is InChI=1S/C29H27Cl4N3O2/c1-19-4-3-5-26(32)25(19)15-34-29(37)20(2)36-13-12-35(18-36)16-28(24-11-10-23(31)14-27(24)33)38-17-21-6-8-22(30)9-7-21/h3-14,18,20,28H,15-17H2,1-2H3/p+1. The molecule has 1 heterocycles. The Morgan fingerprint density at radius 1 is 1.00 bits per heavy atom. The van der Waals surface area contributed by atoms with E-state index in [2.05, 4.69) is 5.32 Å². The number of carbonyl (C=O) groups is 1. The van der Waals surface area contributed by atoms with Crippen molar-refractivity contribution >= 4 is 52.3 Å². The molecule has 38 heavy (non-hydrogen) atoms. The molecule has 4 rings (SSSR count). The van der Waals surface area contributed by atoms with Gasteiger partial charge in [0.25, 0.3) is 5.91 Å². The van der Waals surface area contributed by atoms with E-state index in [4.69, 9.17) is 51.1 Å². The molecule has 4 aromatic rings. The van der Waals surface area contributed by atoms with Crippen LogP contribution in [0.4, 0.5) is 0 Å². The van der Waals surface area contributed by atoms with Gasteiger partial charge in [-0.15, -0.1) is 0 Å². The normalized spacial score (nSPS) is 12.8. The molecule has 5 nitrogen and oxygen atoms in total. The van der Waals surface area contributed by atoms with Crippen LogP contribution in [0, 0.1) is 6.92 Å². The molecule has 1 amide bonds. The monoisotopic (exact) mass is 590 g/mol. The number of aryl methyl sites for hydroxylation is 1. The average Bonchev–Trinajstić information content (AvgIpc) is 3.35. The van der Waals surface area contributed by atoms with Gasteiger partial charge in [0.1, 0.15) is 25.0 Å². The van der Waals surface area contributed by atoms with Gasteiger partial charge in [-0.1, -0.05) is 76.7 Å². The van der Waals surface area contributed by atoms with Crippen molar-refractivity contribution < 1.29 is 14.1 Å². The highest BCUT2D eigenvalue weighted by atomic mass is 35.5. The Kier molecular flexibility index (Phi) is 9.74. The molecule has 0 fully saturated rings. The minimum atomic E-state index is -0.424.